The van der Waals surface area contributed by atoms with Gasteiger partial charge in [-0.1, -0.05) is 15.9 Å². The molecule has 0 radical (unpaired) electrons. The molecule has 21 heavy (non-hydrogen) atoms. The highest BCUT2D eigenvalue weighted by Crippen LogP contribution is 2.15. The summed E-state index contributed by atoms with van der Waals surface area (Å²) in [5, 5.41) is 5.94. The van der Waals surface area contributed by atoms with Crippen LogP contribution in [0.1, 0.15) is 31.3 Å². The van der Waals surface area contributed by atoms with Crippen molar-refractivity contribution in [3.8, 4) is 0 Å². The Labute approximate surface area is 132 Å². The van der Waals surface area contributed by atoms with Crippen LogP contribution in [0.15, 0.2) is 41.0 Å². The molecular weight excluding hydrogens is 332 g/mol. The molecule has 1 amide bonds. The van der Waals surface area contributed by atoms with Crippen molar-refractivity contribution in [1.82, 2.24) is 9.97 Å². The normalized spacial score (nSPS) is 11.0. The fourth-order valence-corrected chi connectivity index (χ4v) is 1.87. The predicted molar refractivity (Wildman–Crippen MR) is 87.5 cm³/mol. The molecule has 0 saturated carbocycles. The number of hydrogen-bond acceptors (Lipinski definition) is 4. The van der Waals surface area contributed by atoms with Gasteiger partial charge in [-0.15, -0.1) is 0 Å². The number of halogens is 1. The van der Waals surface area contributed by atoms with Gasteiger partial charge in [-0.05, 0) is 51.1 Å². The molecule has 2 N–H and O–H groups in total. The molecule has 0 saturated heterocycles. The Bertz CT molecular complexity index is 635. The number of rotatable bonds is 3. The minimum absolute atomic E-state index is 0.166. The lowest BCUT2D eigenvalue weighted by atomic mass is 10.1. The Balaban J connectivity index is 2.12. The van der Waals surface area contributed by atoms with E-state index in [4.69, 9.17) is 0 Å². The van der Waals surface area contributed by atoms with E-state index in [1.165, 1.54) is 0 Å². The Morgan fingerprint density at radius 2 is 1.81 bits per heavy atom. The van der Waals surface area contributed by atoms with Crippen LogP contribution in [0, 0.1) is 0 Å². The summed E-state index contributed by atoms with van der Waals surface area (Å²) in [6.07, 6.45) is 1.57. The Hall–Kier alpha value is -1.95. The van der Waals surface area contributed by atoms with Crippen molar-refractivity contribution in [3.63, 3.8) is 0 Å². The van der Waals surface area contributed by atoms with Gasteiger partial charge >= 0.3 is 0 Å². The second-order valence-electron chi connectivity index (χ2n) is 5.60. The zero-order valence-corrected chi connectivity index (χ0v) is 13.7. The number of nitrogens with one attached hydrogen (secondary N) is 2. The van der Waals surface area contributed by atoms with Gasteiger partial charge in [0.25, 0.3) is 5.91 Å². The number of benzene rings is 1. The summed E-state index contributed by atoms with van der Waals surface area (Å²) in [6, 6.07) is 8.95. The fraction of sp³-hybridized carbons (Fsp3) is 0.267. The molecule has 2 rings (SSSR count). The van der Waals surface area contributed by atoms with E-state index in [-0.39, 0.29) is 11.4 Å². The molecule has 0 spiro atoms. The Morgan fingerprint density at radius 1 is 1.14 bits per heavy atom. The van der Waals surface area contributed by atoms with Gasteiger partial charge < -0.3 is 10.6 Å². The van der Waals surface area contributed by atoms with Crippen LogP contribution in [0.3, 0.4) is 0 Å². The molecule has 0 fully saturated rings. The Kier molecular flexibility index (Phi) is 4.57. The maximum absolute atomic E-state index is 12.2. The quantitative estimate of drug-likeness (QED) is 0.887. The molecule has 5 nitrogen and oxygen atoms in total. The van der Waals surface area contributed by atoms with Crippen molar-refractivity contribution in [2.45, 2.75) is 26.3 Å². The molecule has 1 heterocycles. The molecule has 1 aromatic heterocycles. The SMILES string of the molecule is CC(C)(C)Nc1nccc(C(=O)Nc2ccc(Br)cc2)n1. The van der Waals surface area contributed by atoms with Crippen LogP contribution in [-0.4, -0.2) is 21.4 Å². The first-order valence-electron chi connectivity index (χ1n) is 6.52. The summed E-state index contributed by atoms with van der Waals surface area (Å²) >= 11 is 3.35. The first-order chi connectivity index (χ1) is 9.83. The summed E-state index contributed by atoms with van der Waals surface area (Å²) in [7, 11) is 0. The van der Waals surface area contributed by atoms with Crippen molar-refractivity contribution in [3.05, 3.63) is 46.7 Å². The van der Waals surface area contributed by atoms with Crippen LogP contribution < -0.4 is 10.6 Å². The highest BCUT2D eigenvalue weighted by atomic mass is 79.9. The van der Waals surface area contributed by atoms with Gasteiger partial charge in [0.1, 0.15) is 5.69 Å². The van der Waals surface area contributed by atoms with Crippen molar-refractivity contribution in [2.75, 3.05) is 10.6 Å². The minimum Gasteiger partial charge on any atom is -0.350 e. The summed E-state index contributed by atoms with van der Waals surface area (Å²) in [4.78, 5) is 20.5. The van der Waals surface area contributed by atoms with E-state index in [1.54, 1.807) is 12.3 Å². The number of carbonyl (C=O) groups excluding carboxylic acids is 1. The lowest BCUT2D eigenvalue weighted by Gasteiger charge is -2.20. The number of amides is 1. The summed E-state index contributed by atoms with van der Waals surface area (Å²) in [6.45, 7) is 6.01. The van der Waals surface area contributed by atoms with E-state index in [2.05, 4.69) is 36.5 Å². The molecule has 0 bridgehead atoms. The molecule has 6 heteroatoms. The van der Waals surface area contributed by atoms with Gasteiger partial charge in [0.05, 0.1) is 0 Å². The van der Waals surface area contributed by atoms with Crippen LogP contribution in [0.2, 0.25) is 0 Å². The maximum Gasteiger partial charge on any atom is 0.274 e. The predicted octanol–water partition coefficient (Wildman–Crippen LogP) is 3.70. The summed E-state index contributed by atoms with van der Waals surface area (Å²) in [5.41, 5.74) is 0.868. The summed E-state index contributed by atoms with van der Waals surface area (Å²) < 4.78 is 0.958. The second-order valence-corrected chi connectivity index (χ2v) is 6.52. The molecular formula is C15H17BrN4O. The maximum atomic E-state index is 12.2. The van der Waals surface area contributed by atoms with Crippen LogP contribution in [0.4, 0.5) is 11.6 Å². The van der Waals surface area contributed by atoms with Crippen LogP contribution in [-0.2, 0) is 0 Å². The van der Waals surface area contributed by atoms with Crippen molar-refractivity contribution in [1.29, 1.82) is 0 Å². The number of anilines is 2. The highest BCUT2D eigenvalue weighted by molar-refractivity contribution is 9.10. The van der Waals surface area contributed by atoms with E-state index in [1.807, 2.05) is 45.0 Å². The third kappa shape index (κ3) is 4.82. The van der Waals surface area contributed by atoms with E-state index >= 15 is 0 Å². The third-order valence-corrected chi connectivity index (χ3v) is 3.01. The van der Waals surface area contributed by atoms with Gasteiger partial charge in [-0.2, -0.15) is 0 Å². The zero-order valence-electron chi connectivity index (χ0n) is 12.1. The van der Waals surface area contributed by atoms with Crippen molar-refractivity contribution >= 4 is 33.5 Å². The molecule has 0 aliphatic heterocycles. The standard InChI is InChI=1S/C15H17BrN4O/c1-15(2,3)20-14-17-9-8-12(19-14)13(21)18-11-6-4-10(16)5-7-11/h4-9H,1-3H3,(H,18,21)(H,17,19,20). The lowest BCUT2D eigenvalue weighted by Crippen LogP contribution is -2.28. The van der Waals surface area contributed by atoms with Gasteiger partial charge in [0.15, 0.2) is 0 Å². The molecule has 0 atom stereocenters. The van der Waals surface area contributed by atoms with E-state index in [0.29, 0.717) is 17.3 Å². The topological polar surface area (TPSA) is 66.9 Å². The monoisotopic (exact) mass is 348 g/mol. The van der Waals surface area contributed by atoms with Crippen LogP contribution >= 0.6 is 15.9 Å². The first kappa shape index (κ1) is 15.4. The highest BCUT2D eigenvalue weighted by Gasteiger charge is 2.13. The number of aromatic nitrogens is 2. The van der Waals surface area contributed by atoms with E-state index in [9.17, 15) is 4.79 Å². The van der Waals surface area contributed by atoms with E-state index in [0.717, 1.165) is 4.47 Å². The van der Waals surface area contributed by atoms with Gasteiger partial charge in [-0.25, -0.2) is 9.97 Å². The average Bonchev–Trinajstić information content (AvgIpc) is 2.40. The molecule has 0 unspecified atom stereocenters. The molecule has 110 valence electrons. The van der Waals surface area contributed by atoms with E-state index < -0.39 is 0 Å². The number of hydrogen-bond donors (Lipinski definition) is 2. The zero-order chi connectivity index (χ0) is 15.5. The molecule has 1 aromatic carbocycles. The van der Waals surface area contributed by atoms with Crippen LogP contribution in [0.5, 0.6) is 0 Å². The third-order valence-electron chi connectivity index (χ3n) is 2.48. The fourth-order valence-electron chi connectivity index (χ4n) is 1.61. The van der Waals surface area contributed by atoms with Gasteiger partial charge in [0, 0.05) is 21.9 Å². The van der Waals surface area contributed by atoms with Gasteiger partial charge in [-0.3, -0.25) is 4.79 Å². The molecule has 0 aliphatic rings. The molecule has 2 aromatic rings. The largest absolute Gasteiger partial charge is 0.350 e. The summed E-state index contributed by atoms with van der Waals surface area (Å²) in [5.74, 6) is 0.169. The van der Waals surface area contributed by atoms with Crippen molar-refractivity contribution < 1.29 is 4.79 Å². The first-order valence-corrected chi connectivity index (χ1v) is 7.31. The second kappa shape index (κ2) is 6.22. The van der Waals surface area contributed by atoms with Gasteiger partial charge in [0.2, 0.25) is 5.95 Å². The minimum atomic E-state index is -0.267. The number of nitrogens with zero attached hydrogens (tertiary/aromatic N) is 2. The number of carbonyl (C=O) groups is 1. The smallest absolute Gasteiger partial charge is 0.274 e. The lowest BCUT2D eigenvalue weighted by molar-refractivity contribution is 0.102. The van der Waals surface area contributed by atoms with Crippen molar-refractivity contribution in [2.24, 2.45) is 0 Å². The van der Waals surface area contributed by atoms with Crippen LogP contribution in [0.25, 0.3) is 0 Å². The Morgan fingerprint density at radius 3 is 2.43 bits per heavy atom. The average molecular weight is 349 g/mol. The molecule has 0 aliphatic carbocycles.